The van der Waals surface area contributed by atoms with E-state index in [0.29, 0.717) is 0 Å². The predicted molar refractivity (Wildman–Crippen MR) is 155 cm³/mol. The normalized spacial score (nSPS) is 18.9. The number of allylic oxidation sites excluding steroid dienone is 6. The monoisotopic (exact) mass is 460 g/mol. The molecule has 4 aromatic carbocycles. The Morgan fingerprint density at radius 2 is 1.36 bits per heavy atom. The van der Waals surface area contributed by atoms with Crippen molar-refractivity contribution in [2.75, 3.05) is 0 Å². The van der Waals surface area contributed by atoms with Crippen molar-refractivity contribution < 1.29 is 0 Å². The minimum absolute atomic E-state index is 0.446. The summed E-state index contributed by atoms with van der Waals surface area (Å²) < 4.78 is 0. The fourth-order valence-corrected chi connectivity index (χ4v) is 6.00. The van der Waals surface area contributed by atoms with Crippen LogP contribution in [0.5, 0.6) is 0 Å². The lowest BCUT2D eigenvalue weighted by Crippen LogP contribution is -2.29. The third kappa shape index (κ3) is 3.15. The van der Waals surface area contributed by atoms with Crippen molar-refractivity contribution in [1.82, 2.24) is 0 Å². The van der Waals surface area contributed by atoms with Gasteiger partial charge in [0.15, 0.2) is 0 Å². The van der Waals surface area contributed by atoms with Crippen LogP contribution >= 0.6 is 0 Å². The maximum absolute atomic E-state index is 4.66. The lowest BCUT2D eigenvalue weighted by atomic mass is 9.65. The minimum Gasteiger partial charge on any atom is -0.103 e. The Kier molecular flexibility index (Phi) is 5.31. The molecule has 0 aromatic heterocycles. The first-order valence-electron chi connectivity index (χ1n) is 12.4. The summed E-state index contributed by atoms with van der Waals surface area (Å²) in [6, 6.07) is 33.1. The van der Waals surface area contributed by atoms with Gasteiger partial charge >= 0.3 is 0 Å². The Morgan fingerprint density at radius 1 is 0.694 bits per heavy atom. The average molecular weight is 461 g/mol. The van der Waals surface area contributed by atoms with Gasteiger partial charge in [-0.15, -0.1) is 6.58 Å². The van der Waals surface area contributed by atoms with E-state index in [9.17, 15) is 0 Å². The molecule has 0 fully saturated rings. The molecule has 0 bridgehead atoms. The highest BCUT2D eigenvalue weighted by atomic mass is 14.5. The summed E-state index contributed by atoms with van der Waals surface area (Å²) in [4.78, 5) is 0. The van der Waals surface area contributed by atoms with Crippen LogP contribution < -0.4 is 0 Å². The van der Waals surface area contributed by atoms with Crippen molar-refractivity contribution in [3.63, 3.8) is 0 Å². The Labute approximate surface area is 214 Å². The van der Waals surface area contributed by atoms with Crippen LogP contribution in [0.4, 0.5) is 0 Å². The quantitative estimate of drug-likeness (QED) is 0.266. The van der Waals surface area contributed by atoms with E-state index in [4.69, 9.17) is 0 Å². The first-order valence-corrected chi connectivity index (χ1v) is 12.4. The molecule has 1 unspecified atom stereocenters. The van der Waals surface area contributed by atoms with Gasteiger partial charge in [-0.25, -0.2) is 0 Å². The number of hydrogen-bond acceptors (Lipinski definition) is 0. The van der Waals surface area contributed by atoms with Gasteiger partial charge in [0.05, 0.1) is 5.41 Å². The third-order valence-electron chi connectivity index (χ3n) is 7.59. The molecule has 0 saturated heterocycles. The molecule has 0 amide bonds. The van der Waals surface area contributed by atoms with Gasteiger partial charge in [-0.3, -0.25) is 0 Å². The van der Waals surface area contributed by atoms with Crippen molar-refractivity contribution >= 4 is 11.6 Å². The molecular weight excluding hydrogens is 432 g/mol. The molecule has 0 heterocycles. The first kappa shape index (κ1) is 22.1. The molecule has 1 spiro atoms. The van der Waals surface area contributed by atoms with Crippen LogP contribution in [-0.2, 0) is 5.41 Å². The third-order valence-corrected chi connectivity index (χ3v) is 7.59. The first-order chi connectivity index (χ1) is 17.7. The number of fused-ring (bicyclic) bond motifs is 7. The van der Waals surface area contributed by atoms with Crippen LogP contribution in [0, 0.1) is 0 Å². The van der Waals surface area contributed by atoms with Gasteiger partial charge in [-0.1, -0.05) is 135 Å². The van der Waals surface area contributed by atoms with Crippen molar-refractivity contribution in [2.24, 2.45) is 0 Å². The summed E-state index contributed by atoms with van der Waals surface area (Å²) in [6.07, 6.45) is 11.3. The molecule has 0 nitrogen and oxygen atoms in total. The molecule has 6 rings (SSSR count). The van der Waals surface area contributed by atoms with Crippen LogP contribution in [0.25, 0.3) is 33.9 Å². The van der Waals surface area contributed by atoms with E-state index in [1.807, 2.05) is 6.08 Å². The summed E-state index contributed by atoms with van der Waals surface area (Å²) in [6.45, 7) is 12.7. The molecule has 0 N–H and O–H groups in total. The zero-order chi connectivity index (χ0) is 24.7. The highest BCUT2D eigenvalue weighted by molar-refractivity contribution is 5.96. The second-order valence-corrected chi connectivity index (χ2v) is 9.53. The second kappa shape index (κ2) is 8.66. The van der Waals surface area contributed by atoms with E-state index < -0.39 is 5.41 Å². The molecule has 0 aliphatic heterocycles. The van der Waals surface area contributed by atoms with E-state index >= 15 is 0 Å². The lowest BCUT2D eigenvalue weighted by molar-refractivity contribution is 0.767. The molecule has 36 heavy (non-hydrogen) atoms. The number of benzene rings is 4. The molecule has 0 heteroatoms. The van der Waals surface area contributed by atoms with E-state index in [2.05, 4.69) is 135 Å². The molecule has 1 atom stereocenters. The molecule has 2 aliphatic rings. The molecule has 172 valence electrons. The van der Waals surface area contributed by atoms with Crippen molar-refractivity contribution in [3.8, 4) is 22.3 Å². The van der Waals surface area contributed by atoms with Gasteiger partial charge in [0.2, 0.25) is 0 Å². The zero-order valence-electron chi connectivity index (χ0n) is 20.4. The Morgan fingerprint density at radius 3 is 2.17 bits per heavy atom. The van der Waals surface area contributed by atoms with Gasteiger partial charge in [0, 0.05) is 0 Å². The molecule has 0 radical (unpaired) electrons. The van der Waals surface area contributed by atoms with Gasteiger partial charge in [-0.2, -0.15) is 0 Å². The summed E-state index contributed by atoms with van der Waals surface area (Å²) in [5.41, 5.74) is 13.0. The van der Waals surface area contributed by atoms with Crippen LogP contribution in [0.3, 0.4) is 0 Å². The summed E-state index contributed by atoms with van der Waals surface area (Å²) in [7, 11) is 0. The number of rotatable bonds is 4. The molecular formula is C36H28. The lowest BCUT2D eigenvalue weighted by Gasteiger charge is -2.36. The SMILES string of the molecule is C=CCC(=C)c1ccc(-c2cccc3c2-c2ccccc2C32C(=C)/C=C\C=C/c3ccccc32)cc1. The Hall–Kier alpha value is -4.42. The van der Waals surface area contributed by atoms with E-state index in [1.54, 1.807) is 0 Å². The molecule has 4 aromatic rings. The van der Waals surface area contributed by atoms with E-state index in [0.717, 1.165) is 23.1 Å². The maximum atomic E-state index is 4.66. The van der Waals surface area contributed by atoms with E-state index in [-0.39, 0.29) is 0 Å². The fraction of sp³-hybridized carbons (Fsp3) is 0.0556. The average Bonchev–Trinajstić information content (AvgIpc) is 3.22. The van der Waals surface area contributed by atoms with Crippen molar-refractivity contribution in [2.45, 2.75) is 11.8 Å². The molecule has 2 aliphatic carbocycles. The Bertz CT molecular complexity index is 1590. The summed E-state index contributed by atoms with van der Waals surface area (Å²) >= 11 is 0. The van der Waals surface area contributed by atoms with Gasteiger partial charge < -0.3 is 0 Å². The molecule has 0 saturated carbocycles. The van der Waals surface area contributed by atoms with Crippen LogP contribution in [0.15, 0.2) is 141 Å². The fourth-order valence-electron chi connectivity index (χ4n) is 6.00. The topological polar surface area (TPSA) is 0 Å². The Balaban J connectivity index is 1.64. The van der Waals surface area contributed by atoms with Gasteiger partial charge in [-0.05, 0) is 67.6 Å². The largest absolute Gasteiger partial charge is 0.103 e. The van der Waals surface area contributed by atoms with Crippen molar-refractivity contribution in [3.05, 3.63) is 168 Å². The second-order valence-electron chi connectivity index (χ2n) is 9.53. The van der Waals surface area contributed by atoms with Gasteiger partial charge in [0.25, 0.3) is 0 Å². The highest BCUT2D eigenvalue weighted by Gasteiger charge is 2.47. The predicted octanol–water partition coefficient (Wildman–Crippen LogP) is 9.40. The zero-order valence-corrected chi connectivity index (χ0v) is 20.4. The van der Waals surface area contributed by atoms with Crippen LogP contribution in [-0.4, -0.2) is 0 Å². The maximum Gasteiger partial charge on any atom is 0.0713 e. The van der Waals surface area contributed by atoms with Gasteiger partial charge in [0.1, 0.15) is 0 Å². The highest BCUT2D eigenvalue weighted by Crippen LogP contribution is 2.59. The van der Waals surface area contributed by atoms with E-state index in [1.165, 1.54) is 44.5 Å². The standard InChI is InChI=1S/C36H28/c1-4-12-25(2)27-21-23-28(24-22-27)30-17-11-20-34-35(30)31-16-8-10-19-33(31)36(34)26(3)13-5-6-14-29-15-7-9-18-32(29)36/h4-11,13-24H,1-3,12H2/b13-5-,14-6-. The summed E-state index contributed by atoms with van der Waals surface area (Å²) in [5, 5.41) is 0. The number of hydrogen-bond donors (Lipinski definition) is 0. The van der Waals surface area contributed by atoms with Crippen LogP contribution in [0.1, 0.15) is 34.2 Å². The smallest absolute Gasteiger partial charge is 0.0713 e. The summed E-state index contributed by atoms with van der Waals surface area (Å²) in [5.74, 6) is 0. The minimum atomic E-state index is -0.446. The van der Waals surface area contributed by atoms with Crippen LogP contribution in [0.2, 0.25) is 0 Å². The van der Waals surface area contributed by atoms with Crippen molar-refractivity contribution in [1.29, 1.82) is 0 Å².